The molecule has 0 aromatic heterocycles. The molecule has 2 rings (SSSR count). The van der Waals surface area contributed by atoms with Crippen molar-refractivity contribution in [3.8, 4) is 0 Å². The third-order valence-corrected chi connectivity index (χ3v) is 4.88. The van der Waals surface area contributed by atoms with Crippen molar-refractivity contribution in [3.63, 3.8) is 0 Å². The van der Waals surface area contributed by atoms with E-state index in [0.717, 1.165) is 24.8 Å². The monoisotopic (exact) mass is 313 g/mol. The van der Waals surface area contributed by atoms with E-state index in [4.69, 9.17) is 5.73 Å². The average molecular weight is 314 g/mol. The Labute approximate surface area is 117 Å². The van der Waals surface area contributed by atoms with Gasteiger partial charge in [-0.2, -0.15) is 0 Å². The maximum atomic E-state index is 13.9. The number of hydrogen-bond acceptors (Lipinski definition) is 1. The van der Waals surface area contributed by atoms with Gasteiger partial charge in [0.1, 0.15) is 5.82 Å². The molecule has 0 unspecified atom stereocenters. The van der Waals surface area contributed by atoms with Crippen LogP contribution in [0.2, 0.25) is 0 Å². The van der Waals surface area contributed by atoms with Crippen molar-refractivity contribution >= 4 is 15.9 Å². The van der Waals surface area contributed by atoms with Crippen molar-refractivity contribution in [2.45, 2.75) is 50.9 Å². The van der Waals surface area contributed by atoms with Crippen LogP contribution in [0, 0.1) is 5.82 Å². The highest BCUT2D eigenvalue weighted by Crippen LogP contribution is 2.40. The third kappa shape index (κ3) is 2.48. The first-order valence-corrected chi connectivity index (χ1v) is 7.61. The SMILES string of the molecule is CCc1cc(C2(CN)CCCCC2)cc(Br)c1F. The topological polar surface area (TPSA) is 26.0 Å². The molecule has 1 nitrogen and oxygen atoms in total. The quantitative estimate of drug-likeness (QED) is 0.884. The number of halogens is 2. The molecule has 0 saturated heterocycles. The highest BCUT2D eigenvalue weighted by atomic mass is 79.9. The summed E-state index contributed by atoms with van der Waals surface area (Å²) in [5.41, 5.74) is 8.12. The maximum absolute atomic E-state index is 13.9. The largest absolute Gasteiger partial charge is 0.330 e. The molecule has 100 valence electrons. The van der Waals surface area contributed by atoms with Crippen LogP contribution in [-0.2, 0) is 11.8 Å². The van der Waals surface area contributed by atoms with E-state index in [1.165, 1.54) is 24.8 Å². The summed E-state index contributed by atoms with van der Waals surface area (Å²) in [6, 6.07) is 3.96. The van der Waals surface area contributed by atoms with E-state index in [1.54, 1.807) is 0 Å². The number of aryl methyl sites for hydroxylation is 1. The van der Waals surface area contributed by atoms with E-state index in [-0.39, 0.29) is 11.2 Å². The highest BCUT2D eigenvalue weighted by molar-refractivity contribution is 9.10. The minimum Gasteiger partial charge on any atom is -0.330 e. The van der Waals surface area contributed by atoms with E-state index in [2.05, 4.69) is 15.9 Å². The molecule has 0 spiro atoms. The Morgan fingerprint density at radius 3 is 2.50 bits per heavy atom. The van der Waals surface area contributed by atoms with E-state index in [1.807, 2.05) is 19.1 Å². The summed E-state index contributed by atoms with van der Waals surface area (Å²) < 4.78 is 14.5. The lowest BCUT2D eigenvalue weighted by atomic mass is 9.69. The van der Waals surface area contributed by atoms with Gasteiger partial charge in [-0.05, 0) is 52.4 Å². The van der Waals surface area contributed by atoms with Crippen LogP contribution < -0.4 is 5.73 Å². The van der Waals surface area contributed by atoms with Gasteiger partial charge in [-0.25, -0.2) is 4.39 Å². The summed E-state index contributed by atoms with van der Waals surface area (Å²) in [4.78, 5) is 0. The van der Waals surface area contributed by atoms with E-state index < -0.39 is 0 Å². The number of hydrogen-bond donors (Lipinski definition) is 1. The molecule has 0 bridgehead atoms. The molecule has 2 N–H and O–H groups in total. The second-order valence-electron chi connectivity index (χ2n) is 5.33. The van der Waals surface area contributed by atoms with Crippen molar-refractivity contribution in [1.82, 2.24) is 0 Å². The van der Waals surface area contributed by atoms with Crippen molar-refractivity contribution in [2.75, 3.05) is 6.54 Å². The minimum absolute atomic E-state index is 0.0678. The Bertz CT molecular complexity index is 425. The summed E-state index contributed by atoms with van der Waals surface area (Å²) >= 11 is 3.34. The lowest BCUT2D eigenvalue weighted by molar-refractivity contribution is 0.300. The van der Waals surface area contributed by atoms with Crippen LogP contribution in [-0.4, -0.2) is 6.54 Å². The van der Waals surface area contributed by atoms with Crippen molar-refractivity contribution in [2.24, 2.45) is 5.73 Å². The Hall–Kier alpha value is -0.410. The lowest BCUT2D eigenvalue weighted by Crippen LogP contribution is -2.37. The van der Waals surface area contributed by atoms with Gasteiger partial charge in [0.15, 0.2) is 0 Å². The Kier molecular flexibility index (Phi) is 4.44. The number of nitrogens with two attached hydrogens (primary N) is 1. The fourth-order valence-electron chi connectivity index (χ4n) is 3.05. The van der Waals surface area contributed by atoms with Gasteiger partial charge in [0.2, 0.25) is 0 Å². The number of benzene rings is 1. The first-order valence-electron chi connectivity index (χ1n) is 6.81. The van der Waals surface area contributed by atoms with E-state index >= 15 is 0 Å². The zero-order valence-corrected chi connectivity index (χ0v) is 12.5. The first kappa shape index (κ1) is 14.0. The molecule has 1 saturated carbocycles. The van der Waals surface area contributed by atoms with Crippen molar-refractivity contribution < 1.29 is 4.39 Å². The van der Waals surface area contributed by atoms with Gasteiger partial charge in [-0.15, -0.1) is 0 Å². The summed E-state index contributed by atoms with van der Waals surface area (Å²) in [5, 5.41) is 0. The van der Waals surface area contributed by atoms with Gasteiger partial charge in [-0.1, -0.05) is 32.3 Å². The lowest BCUT2D eigenvalue weighted by Gasteiger charge is -2.37. The van der Waals surface area contributed by atoms with E-state index in [9.17, 15) is 4.39 Å². The molecule has 1 aromatic rings. The molecule has 0 radical (unpaired) electrons. The summed E-state index contributed by atoms with van der Waals surface area (Å²) in [6.45, 7) is 2.65. The molecule has 1 aliphatic carbocycles. The molecule has 1 fully saturated rings. The van der Waals surface area contributed by atoms with Gasteiger partial charge >= 0.3 is 0 Å². The van der Waals surface area contributed by atoms with Crippen LogP contribution in [0.25, 0.3) is 0 Å². The zero-order chi connectivity index (χ0) is 13.2. The second kappa shape index (κ2) is 5.70. The molecule has 0 atom stereocenters. The van der Waals surface area contributed by atoms with Gasteiger partial charge in [0, 0.05) is 12.0 Å². The molecule has 0 amide bonds. The Balaban J connectivity index is 2.45. The predicted octanol–water partition coefficient (Wildman–Crippen LogP) is 4.31. The van der Waals surface area contributed by atoms with Crippen LogP contribution in [0.5, 0.6) is 0 Å². The summed E-state index contributed by atoms with van der Waals surface area (Å²) in [5.74, 6) is -0.121. The van der Waals surface area contributed by atoms with Crippen molar-refractivity contribution in [3.05, 3.63) is 33.5 Å². The van der Waals surface area contributed by atoms with Crippen LogP contribution in [0.15, 0.2) is 16.6 Å². The molecule has 1 aliphatic rings. The first-order chi connectivity index (χ1) is 8.63. The van der Waals surface area contributed by atoms with Crippen LogP contribution in [0.3, 0.4) is 0 Å². The summed E-state index contributed by atoms with van der Waals surface area (Å²) in [6.07, 6.45) is 6.74. The van der Waals surface area contributed by atoms with Crippen LogP contribution in [0.4, 0.5) is 4.39 Å². The minimum atomic E-state index is -0.121. The van der Waals surface area contributed by atoms with Crippen LogP contribution >= 0.6 is 15.9 Å². The smallest absolute Gasteiger partial charge is 0.140 e. The van der Waals surface area contributed by atoms with Crippen LogP contribution in [0.1, 0.15) is 50.2 Å². The van der Waals surface area contributed by atoms with E-state index in [0.29, 0.717) is 11.0 Å². The fraction of sp³-hybridized carbons (Fsp3) is 0.600. The molecule has 1 aromatic carbocycles. The number of rotatable bonds is 3. The average Bonchev–Trinajstić information content (AvgIpc) is 2.42. The third-order valence-electron chi connectivity index (χ3n) is 4.30. The normalized spacial score (nSPS) is 18.9. The fourth-order valence-corrected chi connectivity index (χ4v) is 3.55. The van der Waals surface area contributed by atoms with Gasteiger partial charge in [0.25, 0.3) is 0 Å². The van der Waals surface area contributed by atoms with Gasteiger partial charge in [-0.3, -0.25) is 0 Å². The van der Waals surface area contributed by atoms with Gasteiger partial charge < -0.3 is 5.73 Å². The zero-order valence-electron chi connectivity index (χ0n) is 10.9. The summed E-state index contributed by atoms with van der Waals surface area (Å²) in [7, 11) is 0. The molecule has 0 heterocycles. The maximum Gasteiger partial charge on any atom is 0.140 e. The Morgan fingerprint density at radius 1 is 1.28 bits per heavy atom. The predicted molar refractivity (Wildman–Crippen MR) is 77.3 cm³/mol. The Morgan fingerprint density at radius 2 is 1.94 bits per heavy atom. The molecule has 0 aliphatic heterocycles. The highest BCUT2D eigenvalue weighted by Gasteiger charge is 2.33. The molecule has 3 heteroatoms. The molecular weight excluding hydrogens is 293 g/mol. The standard InChI is InChI=1S/C15H21BrFN/c1-2-11-8-12(9-13(16)14(11)17)15(10-18)6-4-3-5-7-15/h8-9H,2-7,10,18H2,1H3. The molecule has 18 heavy (non-hydrogen) atoms. The second-order valence-corrected chi connectivity index (χ2v) is 6.18. The van der Waals surface area contributed by atoms with Gasteiger partial charge in [0.05, 0.1) is 4.47 Å². The van der Waals surface area contributed by atoms with Crippen molar-refractivity contribution in [1.29, 1.82) is 0 Å². The molecular formula is C15H21BrFN.